The first-order valence-corrected chi connectivity index (χ1v) is 6.28. The topological polar surface area (TPSA) is 73.4 Å². The summed E-state index contributed by atoms with van der Waals surface area (Å²) in [7, 11) is 0. The molecule has 0 atom stereocenters. The van der Waals surface area contributed by atoms with Gasteiger partial charge < -0.3 is 4.90 Å². The molecule has 1 saturated heterocycles. The Bertz CT molecular complexity index is 521. The van der Waals surface area contributed by atoms with Crippen LogP contribution in [0.2, 0.25) is 5.02 Å². The first-order chi connectivity index (χ1) is 9.11. The van der Waals surface area contributed by atoms with E-state index < -0.39 is 4.92 Å². The molecule has 7 heteroatoms. The van der Waals surface area contributed by atoms with Gasteiger partial charge in [-0.3, -0.25) is 15.0 Å². The number of halogens is 1. The van der Waals surface area contributed by atoms with Gasteiger partial charge in [0.25, 0.3) is 5.69 Å². The van der Waals surface area contributed by atoms with Crippen LogP contribution in [-0.4, -0.2) is 42.5 Å². The molecule has 1 aliphatic heterocycles. The van der Waals surface area contributed by atoms with Crippen LogP contribution < -0.4 is 4.90 Å². The number of anilines is 1. The van der Waals surface area contributed by atoms with Gasteiger partial charge in [0.05, 0.1) is 28.2 Å². The zero-order chi connectivity index (χ0) is 13.8. The molecule has 100 valence electrons. The highest BCUT2D eigenvalue weighted by atomic mass is 35.5. The van der Waals surface area contributed by atoms with Gasteiger partial charge in [0.15, 0.2) is 0 Å². The predicted octanol–water partition coefficient (Wildman–Crippen LogP) is 1.89. The SMILES string of the molecule is N#CCN1CCN(c2ccc([N+](=O)[O-])cc2Cl)CC1. The van der Waals surface area contributed by atoms with Crippen molar-refractivity contribution in [3.63, 3.8) is 0 Å². The summed E-state index contributed by atoms with van der Waals surface area (Å²) < 4.78 is 0. The molecule has 1 aromatic rings. The van der Waals surface area contributed by atoms with Crippen LogP contribution in [0.1, 0.15) is 0 Å². The lowest BCUT2D eigenvalue weighted by molar-refractivity contribution is -0.384. The van der Waals surface area contributed by atoms with Crippen LogP contribution in [0.3, 0.4) is 0 Å². The Labute approximate surface area is 115 Å². The van der Waals surface area contributed by atoms with Gasteiger partial charge in [-0.05, 0) is 6.07 Å². The van der Waals surface area contributed by atoms with E-state index in [1.165, 1.54) is 12.1 Å². The largest absolute Gasteiger partial charge is 0.368 e. The molecule has 1 aromatic carbocycles. The Kier molecular flexibility index (Phi) is 4.20. The molecule has 0 radical (unpaired) electrons. The quantitative estimate of drug-likeness (QED) is 0.480. The molecule has 0 unspecified atom stereocenters. The number of benzene rings is 1. The monoisotopic (exact) mass is 280 g/mol. The molecule has 6 nitrogen and oxygen atoms in total. The van der Waals surface area contributed by atoms with E-state index in [2.05, 4.69) is 15.9 Å². The van der Waals surface area contributed by atoms with Crippen molar-refractivity contribution < 1.29 is 4.92 Å². The number of nitrogens with zero attached hydrogens (tertiary/aromatic N) is 4. The van der Waals surface area contributed by atoms with Crippen LogP contribution >= 0.6 is 11.6 Å². The lowest BCUT2D eigenvalue weighted by Gasteiger charge is -2.35. The summed E-state index contributed by atoms with van der Waals surface area (Å²) in [6, 6.07) is 6.65. The van der Waals surface area contributed by atoms with Gasteiger partial charge in [-0.15, -0.1) is 0 Å². The molecular formula is C12H13ClN4O2. The maximum absolute atomic E-state index is 10.7. The standard InChI is InChI=1S/C12H13ClN4O2/c13-11-9-10(17(18)19)1-2-12(11)16-7-5-15(4-3-14)6-8-16/h1-2,9H,4-8H2. The van der Waals surface area contributed by atoms with E-state index in [0.717, 1.165) is 31.9 Å². The van der Waals surface area contributed by atoms with Crippen molar-refractivity contribution in [3.8, 4) is 6.07 Å². The molecule has 1 aliphatic rings. The molecule has 0 amide bonds. The van der Waals surface area contributed by atoms with Gasteiger partial charge in [-0.1, -0.05) is 11.6 Å². The predicted molar refractivity (Wildman–Crippen MR) is 72.4 cm³/mol. The fourth-order valence-corrected chi connectivity index (χ4v) is 2.41. The van der Waals surface area contributed by atoms with Crippen molar-refractivity contribution in [1.29, 1.82) is 5.26 Å². The fourth-order valence-electron chi connectivity index (χ4n) is 2.11. The second kappa shape index (κ2) is 5.87. The molecular weight excluding hydrogens is 268 g/mol. The van der Waals surface area contributed by atoms with Crippen molar-refractivity contribution in [3.05, 3.63) is 33.3 Å². The third kappa shape index (κ3) is 3.13. The summed E-state index contributed by atoms with van der Waals surface area (Å²) in [4.78, 5) is 14.3. The Hall–Kier alpha value is -1.84. The van der Waals surface area contributed by atoms with Crippen molar-refractivity contribution in [1.82, 2.24) is 4.90 Å². The lowest BCUT2D eigenvalue weighted by Crippen LogP contribution is -2.46. The number of piperazine rings is 1. The van der Waals surface area contributed by atoms with Crippen molar-refractivity contribution in [2.24, 2.45) is 0 Å². The van der Waals surface area contributed by atoms with Gasteiger partial charge in [-0.2, -0.15) is 5.26 Å². The number of hydrogen-bond donors (Lipinski definition) is 0. The van der Waals surface area contributed by atoms with E-state index in [1.807, 2.05) is 0 Å². The van der Waals surface area contributed by atoms with E-state index in [4.69, 9.17) is 16.9 Å². The fraction of sp³-hybridized carbons (Fsp3) is 0.417. The first kappa shape index (κ1) is 13.6. The van der Waals surface area contributed by atoms with Crippen molar-refractivity contribution in [2.45, 2.75) is 0 Å². The summed E-state index contributed by atoms with van der Waals surface area (Å²) in [6.45, 7) is 3.54. The smallest absolute Gasteiger partial charge is 0.271 e. The van der Waals surface area contributed by atoms with Gasteiger partial charge >= 0.3 is 0 Å². The first-order valence-electron chi connectivity index (χ1n) is 5.90. The molecule has 1 heterocycles. The van der Waals surface area contributed by atoms with Gasteiger partial charge in [-0.25, -0.2) is 0 Å². The summed E-state index contributed by atoms with van der Waals surface area (Å²) in [6.07, 6.45) is 0. The second-order valence-corrected chi connectivity index (χ2v) is 4.72. The Morgan fingerprint density at radius 2 is 2.05 bits per heavy atom. The van der Waals surface area contributed by atoms with Crippen molar-refractivity contribution in [2.75, 3.05) is 37.6 Å². The molecule has 2 rings (SSSR count). The zero-order valence-electron chi connectivity index (χ0n) is 10.3. The molecule has 0 spiro atoms. The molecule has 0 aromatic heterocycles. The molecule has 0 aliphatic carbocycles. The highest BCUT2D eigenvalue weighted by Gasteiger charge is 2.19. The number of hydrogen-bond acceptors (Lipinski definition) is 5. The van der Waals surface area contributed by atoms with E-state index in [0.29, 0.717) is 11.6 Å². The Balaban J connectivity index is 2.08. The van der Waals surface area contributed by atoms with Crippen LogP contribution in [-0.2, 0) is 0 Å². The molecule has 0 N–H and O–H groups in total. The van der Waals surface area contributed by atoms with Crippen LogP contribution in [0.25, 0.3) is 0 Å². The molecule has 1 fully saturated rings. The van der Waals surface area contributed by atoms with Gasteiger partial charge in [0, 0.05) is 38.3 Å². The van der Waals surface area contributed by atoms with E-state index >= 15 is 0 Å². The van der Waals surface area contributed by atoms with E-state index in [1.54, 1.807) is 6.07 Å². The average molecular weight is 281 g/mol. The van der Waals surface area contributed by atoms with Crippen LogP contribution in [0.15, 0.2) is 18.2 Å². The average Bonchev–Trinajstić information content (AvgIpc) is 2.40. The summed E-state index contributed by atoms with van der Waals surface area (Å²) >= 11 is 6.09. The third-order valence-electron chi connectivity index (χ3n) is 3.15. The number of nitro benzene ring substituents is 1. The van der Waals surface area contributed by atoms with E-state index in [-0.39, 0.29) is 5.69 Å². The minimum absolute atomic E-state index is 0.00290. The molecule has 0 saturated carbocycles. The molecule has 0 bridgehead atoms. The maximum Gasteiger partial charge on any atom is 0.271 e. The normalized spacial score (nSPS) is 16.1. The number of non-ortho nitro benzene ring substituents is 1. The van der Waals surface area contributed by atoms with Crippen LogP contribution in [0.4, 0.5) is 11.4 Å². The number of nitriles is 1. The zero-order valence-corrected chi connectivity index (χ0v) is 11.0. The minimum Gasteiger partial charge on any atom is -0.368 e. The number of rotatable bonds is 3. The Morgan fingerprint density at radius 1 is 1.37 bits per heavy atom. The third-order valence-corrected chi connectivity index (χ3v) is 3.45. The highest BCUT2D eigenvalue weighted by Crippen LogP contribution is 2.30. The van der Waals surface area contributed by atoms with Crippen LogP contribution in [0.5, 0.6) is 0 Å². The van der Waals surface area contributed by atoms with E-state index in [9.17, 15) is 10.1 Å². The number of nitro groups is 1. The lowest BCUT2D eigenvalue weighted by atomic mass is 10.2. The Morgan fingerprint density at radius 3 is 2.58 bits per heavy atom. The van der Waals surface area contributed by atoms with Crippen LogP contribution in [0, 0.1) is 21.4 Å². The summed E-state index contributed by atoms with van der Waals surface area (Å²) in [5, 5.41) is 19.7. The van der Waals surface area contributed by atoms with Gasteiger partial charge in [0.1, 0.15) is 0 Å². The second-order valence-electron chi connectivity index (χ2n) is 4.31. The van der Waals surface area contributed by atoms with Gasteiger partial charge in [0.2, 0.25) is 0 Å². The maximum atomic E-state index is 10.7. The molecule has 19 heavy (non-hydrogen) atoms. The minimum atomic E-state index is -0.458. The highest BCUT2D eigenvalue weighted by molar-refractivity contribution is 6.33. The van der Waals surface area contributed by atoms with Crippen molar-refractivity contribution >= 4 is 23.0 Å². The summed E-state index contributed by atoms with van der Waals surface area (Å²) in [5.74, 6) is 0. The summed E-state index contributed by atoms with van der Waals surface area (Å²) in [5.41, 5.74) is 0.806.